The number of H-pyrrole nitrogens is 1. The van der Waals surface area contributed by atoms with Crippen molar-refractivity contribution in [2.24, 2.45) is 5.92 Å². The highest BCUT2D eigenvalue weighted by Gasteiger charge is 2.17. The molecule has 5 heteroatoms. The number of carbonyl (C=O) groups excluding carboxylic acids is 1. The second-order valence-corrected chi connectivity index (χ2v) is 4.66. The molecular weight excluding hydrogens is 216 g/mol. The van der Waals surface area contributed by atoms with Crippen molar-refractivity contribution in [1.29, 1.82) is 0 Å². The van der Waals surface area contributed by atoms with Crippen LogP contribution in [0.3, 0.4) is 0 Å². The Morgan fingerprint density at radius 1 is 1.71 bits per heavy atom. The molecule has 0 aromatic carbocycles. The molecule has 2 unspecified atom stereocenters. The second-order valence-electron chi connectivity index (χ2n) is 4.66. The van der Waals surface area contributed by atoms with Gasteiger partial charge in [-0.1, -0.05) is 0 Å². The highest BCUT2D eigenvalue weighted by atomic mass is 16.1. The zero-order chi connectivity index (χ0) is 12.1. The third-order valence-electron chi connectivity index (χ3n) is 3.25. The van der Waals surface area contributed by atoms with Gasteiger partial charge in [0.25, 0.3) is 0 Å². The molecule has 2 atom stereocenters. The van der Waals surface area contributed by atoms with Crippen LogP contribution in [0, 0.1) is 5.92 Å². The quantitative estimate of drug-likeness (QED) is 0.713. The maximum absolute atomic E-state index is 11.7. The summed E-state index contributed by atoms with van der Waals surface area (Å²) in [6.45, 7) is 4.09. The summed E-state index contributed by atoms with van der Waals surface area (Å²) in [5.74, 6) is 1.58. The van der Waals surface area contributed by atoms with E-state index in [2.05, 4.69) is 20.6 Å². The molecule has 1 aromatic heterocycles. The summed E-state index contributed by atoms with van der Waals surface area (Å²) >= 11 is 0. The van der Waals surface area contributed by atoms with Crippen LogP contribution in [0.5, 0.6) is 0 Å². The van der Waals surface area contributed by atoms with E-state index in [1.54, 1.807) is 12.4 Å². The van der Waals surface area contributed by atoms with E-state index < -0.39 is 0 Å². The van der Waals surface area contributed by atoms with Crippen LogP contribution < -0.4 is 10.6 Å². The van der Waals surface area contributed by atoms with Gasteiger partial charge in [-0.15, -0.1) is 0 Å². The summed E-state index contributed by atoms with van der Waals surface area (Å²) in [6, 6.07) is -0.0424. The SMILES string of the molecule is CC(NC(=O)CCC1CCNC1)c1ncc[nH]1. The Kier molecular flexibility index (Phi) is 4.14. The number of nitrogens with zero attached hydrogens (tertiary/aromatic N) is 1. The molecule has 1 aromatic rings. The standard InChI is InChI=1S/C12H20N4O/c1-9(12-14-6-7-15-12)16-11(17)3-2-10-4-5-13-8-10/h6-7,9-10,13H,2-5,8H2,1H3,(H,14,15)(H,16,17). The third kappa shape index (κ3) is 3.56. The molecule has 1 saturated heterocycles. The summed E-state index contributed by atoms with van der Waals surface area (Å²) in [7, 11) is 0. The van der Waals surface area contributed by atoms with Gasteiger partial charge in [0, 0.05) is 18.8 Å². The van der Waals surface area contributed by atoms with E-state index in [9.17, 15) is 4.79 Å². The molecule has 0 spiro atoms. The fourth-order valence-corrected chi connectivity index (χ4v) is 2.19. The highest BCUT2D eigenvalue weighted by Crippen LogP contribution is 2.14. The molecule has 2 heterocycles. The van der Waals surface area contributed by atoms with Gasteiger partial charge in [0.05, 0.1) is 6.04 Å². The lowest BCUT2D eigenvalue weighted by atomic mass is 10.0. The molecule has 5 nitrogen and oxygen atoms in total. The van der Waals surface area contributed by atoms with Crippen molar-refractivity contribution in [3.05, 3.63) is 18.2 Å². The number of hydrogen-bond acceptors (Lipinski definition) is 3. The van der Waals surface area contributed by atoms with Gasteiger partial charge in [0.2, 0.25) is 5.91 Å². The van der Waals surface area contributed by atoms with Gasteiger partial charge in [-0.2, -0.15) is 0 Å². The number of aromatic amines is 1. The maximum Gasteiger partial charge on any atom is 0.220 e. The van der Waals surface area contributed by atoms with E-state index in [0.29, 0.717) is 12.3 Å². The van der Waals surface area contributed by atoms with E-state index in [1.807, 2.05) is 6.92 Å². The van der Waals surface area contributed by atoms with Crippen molar-refractivity contribution in [2.75, 3.05) is 13.1 Å². The summed E-state index contributed by atoms with van der Waals surface area (Å²) < 4.78 is 0. The number of amides is 1. The van der Waals surface area contributed by atoms with Crippen molar-refractivity contribution in [3.63, 3.8) is 0 Å². The topological polar surface area (TPSA) is 69.8 Å². The minimum absolute atomic E-state index is 0.0424. The molecule has 1 aliphatic rings. The molecule has 2 rings (SSSR count). The molecule has 0 bridgehead atoms. The maximum atomic E-state index is 11.7. The first-order chi connectivity index (χ1) is 8.25. The molecule has 1 fully saturated rings. The Morgan fingerprint density at radius 3 is 3.24 bits per heavy atom. The van der Waals surface area contributed by atoms with E-state index >= 15 is 0 Å². The molecule has 1 aliphatic heterocycles. The van der Waals surface area contributed by atoms with Gasteiger partial charge in [-0.05, 0) is 38.8 Å². The lowest BCUT2D eigenvalue weighted by molar-refractivity contribution is -0.122. The van der Waals surface area contributed by atoms with Crippen LogP contribution in [0.2, 0.25) is 0 Å². The largest absolute Gasteiger partial charge is 0.347 e. The Labute approximate surface area is 101 Å². The highest BCUT2D eigenvalue weighted by molar-refractivity contribution is 5.76. The normalized spacial score (nSPS) is 21.4. The number of aromatic nitrogens is 2. The van der Waals surface area contributed by atoms with Gasteiger partial charge in [0.1, 0.15) is 5.82 Å². The van der Waals surface area contributed by atoms with Crippen molar-refractivity contribution in [2.45, 2.75) is 32.2 Å². The van der Waals surface area contributed by atoms with Crippen molar-refractivity contribution in [3.8, 4) is 0 Å². The lowest BCUT2D eigenvalue weighted by Crippen LogP contribution is -2.27. The van der Waals surface area contributed by atoms with E-state index in [0.717, 1.165) is 25.3 Å². The van der Waals surface area contributed by atoms with Gasteiger partial charge in [0.15, 0.2) is 0 Å². The van der Waals surface area contributed by atoms with Gasteiger partial charge in [-0.3, -0.25) is 4.79 Å². The van der Waals surface area contributed by atoms with Crippen molar-refractivity contribution in [1.82, 2.24) is 20.6 Å². The first-order valence-corrected chi connectivity index (χ1v) is 6.25. The van der Waals surface area contributed by atoms with Crippen LogP contribution >= 0.6 is 0 Å². The summed E-state index contributed by atoms with van der Waals surface area (Å²) in [5, 5.41) is 6.27. The molecule has 0 radical (unpaired) electrons. The van der Waals surface area contributed by atoms with Gasteiger partial charge < -0.3 is 15.6 Å². The fraction of sp³-hybridized carbons (Fsp3) is 0.667. The van der Waals surface area contributed by atoms with Crippen molar-refractivity contribution >= 4 is 5.91 Å². The van der Waals surface area contributed by atoms with Crippen LogP contribution in [0.25, 0.3) is 0 Å². The van der Waals surface area contributed by atoms with Gasteiger partial charge in [-0.25, -0.2) is 4.98 Å². The van der Waals surface area contributed by atoms with E-state index in [-0.39, 0.29) is 11.9 Å². The van der Waals surface area contributed by atoms with Crippen LogP contribution in [0.4, 0.5) is 0 Å². The summed E-state index contributed by atoms with van der Waals surface area (Å²) in [4.78, 5) is 18.9. The number of nitrogens with one attached hydrogen (secondary N) is 3. The zero-order valence-electron chi connectivity index (χ0n) is 10.2. The minimum atomic E-state index is -0.0424. The van der Waals surface area contributed by atoms with E-state index in [4.69, 9.17) is 0 Å². The monoisotopic (exact) mass is 236 g/mol. The first-order valence-electron chi connectivity index (χ1n) is 6.25. The average molecular weight is 236 g/mol. The number of imidazole rings is 1. The summed E-state index contributed by atoms with van der Waals surface area (Å²) in [6.07, 6.45) is 6.24. The Hall–Kier alpha value is -1.36. The van der Waals surface area contributed by atoms with Gasteiger partial charge >= 0.3 is 0 Å². The number of carbonyl (C=O) groups is 1. The lowest BCUT2D eigenvalue weighted by Gasteiger charge is -2.12. The molecule has 0 aliphatic carbocycles. The molecule has 94 valence electrons. The number of hydrogen-bond donors (Lipinski definition) is 3. The molecule has 3 N–H and O–H groups in total. The molecule has 1 amide bonds. The average Bonchev–Trinajstić information content (AvgIpc) is 2.99. The Bertz CT molecular complexity index is 343. The van der Waals surface area contributed by atoms with Crippen LogP contribution in [-0.2, 0) is 4.79 Å². The minimum Gasteiger partial charge on any atom is -0.347 e. The Balaban J connectivity index is 1.69. The van der Waals surface area contributed by atoms with Crippen LogP contribution in [0.15, 0.2) is 12.4 Å². The predicted octanol–water partition coefficient (Wildman–Crippen LogP) is 0.977. The smallest absolute Gasteiger partial charge is 0.220 e. The Morgan fingerprint density at radius 2 is 2.59 bits per heavy atom. The fourth-order valence-electron chi connectivity index (χ4n) is 2.19. The molecule has 17 heavy (non-hydrogen) atoms. The number of rotatable bonds is 5. The first kappa shape index (κ1) is 12.1. The molecular formula is C12H20N4O. The predicted molar refractivity (Wildman–Crippen MR) is 65.4 cm³/mol. The van der Waals surface area contributed by atoms with Crippen LogP contribution in [0.1, 0.15) is 38.1 Å². The molecule has 0 saturated carbocycles. The zero-order valence-corrected chi connectivity index (χ0v) is 10.2. The summed E-state index contributed by atoms with van der Waals surface area (Å²) in [5.41, 5.74) is 0. The van der Waals surface area contributed by atoms with Crippen LogP contribution in [-0.4, -0.2) is 29.0 Å². The van der Waals surface area contributed by atoms with E-state index in [1.165, 1.54) is 6.42 Å². The third-order valence-corrected chi connectivity index (χ3v) is 3.25. The van der Waals surface area contributed by atoms with Crippen molar-refractivity contribution < 1.29 is 4.79 Å². The second kappa shape index (κ2) is 5.82.